The molecule has 4 heteroatoms. The van der Waals surface area contributed by atoms with Crippen molar-refractivity contribution in [3.8, 4) is 0 Å². The highest BCUT2D eigenvalue weighted by Gasteiger charge is 2.18. The van der Waals surface area contributed by atoms with Crippen LogP contribution in [0.2, 0.25) is 0 Å². The van der Waals surface area contributed by atoms with Crippen molar-refractivity contribution >= 4 is 27.3 Å². The third-order valence-corrected chi connectivity index (χ3v) is 5.15. The van der Waals surface area contributed by atoms with Crippen LogP contribution >= 0.6 is 11.3 Å². The fourth-order valence-corrected chi connectivity index (χ4v) is 3.81. The van der Waals surface area contributed by atoms with E-state index in [0.717, 1.165) is 12.8 Å². The largest absolute Gasteiger partial charge is 0.368 e. The predicted molar refractivity (Wildman–Crippen MR) is 86.5 cm³/mol. The van der Waals surface area contributed by atoms with Gasteiger partial charge in [0.2, 0.25) is 5.91 Å². The third kappa shape index (κ3) is 3.44. The molecule has 21 heavy (non-hydrogen) atoms. The molecule has 0 bridgehead atoms. The number of ether oxygens (including phenoxy) is 1. The molecule has 0 unspecified atom stereocenters. The molecule has 3 nitrogen and oxygen atoms in total. The molecule has 1 fully saturated rings. The molecule has 2 aromatic rings. The van der Waals surface area contributed by atoms with Crippen molar-refractivity contribution in [1.82, 2.24) is 4.90 Å². The summed E-state index contributed by atoms with van der Waals surface area (Å²) in [7, 11) is 1.85. The first-order valence-electron chi connectivity index (χ1n) is 7.55. The Labute approximate surface area is 129 Å². The highest BCUT2D eigenvalue weighted by molar-refractivity contribution is 7.17. The van der Waals surface area contributed by atoms with Gasteiger partial charge in [0.1, 0.15) is 6.61 Å². The van der Waals surface area contributed by atoms with Gasteiger partial charge in [-0.15, -0.1) is 11.3 Å². The Bertz CT molecular complexity index is 616. The lowest BCUT2D eigenvalue weighted by atomic mass is 10.2. The average Bonchev–Trinajstić information content (AvgIpc) is 3.15. The van der Waals surface area contributed by atoms with Crippen LogP contribution in [0.5, 0.6) is 0 Å². The van der Waals surface area contributed by atoms with Crippen molar-refractivity contribution in [2.75, 3.05) is 13.7 Å². The Morgan fingerprint density at radius 1 is 1.33 bits per heavy atom. The van der Waals surface area contributed by atoms with Gasteiger partial charge < -0.3 is 9.64 Å². The molecule has 112 valence electrons. The fourth-order valence-electron chi connectivity index (χ4n) is 2.85. The molecule has 0 N–H and O–H groups in total. The molecule has 1 aromatic carbocycles. The van der Waals surface area contributed by atoms with Gasteiger partial charge >= 0.3 is 0 Å². The third-order valence-electron chi connectivity index (χ3n) is 4.14. The minimum absolute atomic E-state index is 0.0668. The van der Waals surface area contributed by atoms with Crippen LogP contribution in [0.4, 0.5) is 0 Å². The second kappa shape index (κ2) is 6.58. The van der Waals surface area contributed by atoms with Gasteiger partial charge in [-0.1, -0.05) is 31.0 Å². The molecule has 1 aliphatic rings. The normalized spacial score (nSPS) is 15.7. The predicted octanol–water partition coefficient (Wildman–Crippen LogP) is 3.82. The van der Waals surface area contributed by atoms with E-state index in [1.54, 1.807) is 16.2 Å². The second-order valence-corrected chi connectivity index (χ2v) is 6.64. The summed E-state index contributed by atoms with van der Waals surface area (Å²) in [5.74, 6) is 0.0668. The molecule has 0 atom stereocenters. The Balaban J connectivity index is 1.57. The molecular formula is C17H21NO2S. The zero-order chi connectivity index (χ0) is 14.7. The van der Waals surface area contributed by atoms with Gasteiger partial charge in [-0.25, -0.2) is 0 Å². The fraction of sp³-hybridized carbons (Fsp3) is 0.471. The number of rotatable bonds is 5. The smallest absolute Gasteiger partial charge is 0.248 e. The zero-order valence-electron chi connectivity index (χ0n) is 12.4. The lowest BCUT2D eigenvalue weighted by molar-refractivity contribution is -0.137. The monoisotopic (exact) mass is 303 g/mol. The average molecular weight is 303 g/mol. The zero-order valence-corrected chi connectivity index (χ0v) is 13.2. The van der Waals surface area contributed by atoms with Gasteiger partial charge in [0.25, 0.3) is 0 Å². The molecule has 1 aromatic heterocycles. The van der Waals surface area contributed by atoms with Crippen molar-refractivity contribution in [2.45, 2.75) is 38.3 Å². The first-order valence-corrected chi connectivity index (χ1v) is 8.42. The maximum atomic E-state index is 12.2. The second-order valence-electron chi connectivity index (χ2n) is 5.72. The molecule has 1 saturated carbocycles. The van der Waals surface area contributed by atoms with Crippen molar-refractivity contribution in [1.29, 1.82) is 0 Å². The van der Waals surface area contributed by atoms with Gasteiger partial charge in [-0.05, 0) is 35.2 Å². The molecule has 0 radical (unpaired) electrons. The van der Waals surface area contributed by atoms with E-state index in [2.05, 4.69) is 17.5 Å². The van der Waals surface area contributed by atoms with Crippen LogP contribution in [0.1, 0.15) is 31.2 Å². The summed E-state index contributed by atoms with van der Waals surface area (Å²) in [6.45, 7) is 0.861. The van der Waals surface area contributed by atoms with Crippen LogP contribution in [0.25, 0.3) is 10.1 Å². The van der Waals surface area contributed by atoms with E-state index in [-0.39, 0.29) is 12.5 Å². The standard InChI is InChI=1S/C17H21NO2S/c1-18(17(19)11-20-14-6-2-3-7-14)10-13-12-21-16-9-5-4-8-15(13)16/h4-5,8-9,12,14H,2-3,6-7,10-11H2,1H3. The van der Waals surface area contributed by atoms with Gasteiger partial charge in [0.15, 0.2) is 0 Å². The first-order chi connectivity index (χ1) is 10.2. The summed E-state index contributed by atoms with van der Waals surface area (Å²) in [5.41, 5.74) is 1.22. The summed E-state index contributed by atoms with van der Waals surface area (Å²) in [6, 6.07) is 8.33. The number of hydrogen-bond donors (Lipinski definition) is 0. The number of fused-ring (bicyclic) bond motifs is 1. The Hall–Kier alpha value is -1.39. The molecule has 1 amide bonds. The van der Waals surface area contributed by atoms with Crippen LogP contribution in [-0.2, 0) is 16.1 Å². The maximum absolute atomic E-state index is 12.2. The molecule has 3 rings (SSSR count). The summed E-state index contributed by atoms with van der Waals surface area (Å²) >= 11 is 1.73. The van der Waals surface area contributed by atoms with Gasteiger partial charge in [-0.3, -0.25) is 4.79 Å². The Kier molecular flexibility index (Phi) is 4.56. The summed E-state index contributed by atoms with van der Waals surface area (Å²) in [6.07, 6.45) is 4.97. The molecule has 0 saturated heterocycles. The van der Waals surface area contributed by atoms with E-state index in [1.807, 2.05) is 19.2 Å². The maximum Gasteiger partial charge on any atom is 0.248 e. The van der Waals surface area contributed by atoms with E-state index in [1.165, 1.54) is 28.5 Å². The molecule has 0 aliphatic heterocycles. The van der Waals surface area contributed by atoms with Crippen molar-refractivity contribution < 1.29 is 9.53 Å². The van der Waals surface area contributed by atoms with E-state index in [0.29, 0.717) is 12.6 Å². The van der Waals surface area contributed by atoms with Gasteiger partial charge in [0, 0.05) is 18.3 Å². The highest BCUT2D eigenvalue weighted by Crippen LogP contribution is 2.26. The number of likely N-dealkylation sites (N-methyl/N-ethyl adjacent to an activating group) is 1. The highest BCUT2D eigenvalue weighted by atomic mass is 32.1. The van der Waals surface area contributed by atoms with Crippen LogP contribution in [-0.4, -0.2) is 30.6 Å². The van der Waals surface area contributed by atoms with E-state index < -0.39 is 0 Å². The SMILES string of the molecule is CN(Cc1csc2ccccc12)C(=O)COC1CCCC1. The Morgan fingerprint density at radius 2 is 2.10 bits per heavy atom. The van der Waals surface area contributed by atoms with E-state index in [9.17, 15) is 4.79 Å². The lowest BCUT2D eigenvalue weighted by Gasteiger charge is -2.18. The number of thiophene rings is 1. The number of benzene rings is 1. The molecule has 1 aliphatic carbocycles. The summed E-state index contributed by atoms with van der Waals surface area (Å²) in [5, 5.41) is 3.39. The summed E-state index contributed by atoms with van der Waals surface area (Å²) in [4.78, 5) is 13.9. The van der Waals surface area contributed by atoms with Crippen molar-refractivity contribution in [3.63, 3.8) is 0 Å². The van der Waals surface area contributed by atoms with Crippen LogP contribution in [0.3, 0.4) is 0 Å². The summed E-state index contributed by atoms with van der Waals surface area (Å²) < 4.78 is 6.98. The van der Waals surface area contributed by atoms with Crippen LogP contribution < -0.4 is 0 Å². The van der Waals surface area contributed by atoms with E-state index >= 15 is 0 Å². The topological polar surface area (TPSA) is 29.5 Å². The molecule has 0 spiro atoms. The molecule has 1 heterocycles. The van der Waals surface area contributed by atoms with E-state index in [4.69, 9.17) is 4.74 Å². The number of hydrogen-bond acceptors (Lipinski definition) is 3. The minimum atomic E-state index is 0.0668. The van der Waals surface area contributed by atoms with Crippen LogP contribution in [0, 0.1) is 0 Å². The van der Waals surface area contributed by atoms with Crippen LogP contribution in [0.15, 0.2) is 29.6 Å². The number of carbonyl (C=O) groups excluding carboxylic acids is 1. The quantitative estimate of drug-likeness (QED) is 0.840. The number of amides is 1. The van der Waals surface area contributed by atoms with Crippen molar-refractivity contribution in [3.05, 3.63) is 35.2 Å². The van der Waals surface area contributed by atoms with Crippen molar-refractivity contribution in [2.24, 2.45) is 0 Å². The van der Waals surface area contributed by atoms with Gasteiger partial charge in [-0.2, -0.15) is 0 Å². The van der Waals surface area contributed by atoms with Gasteiger partial charge in [0.05, 0.1) is 6.10 Å². The number of carbonyl (C=O) groups is 1. The molecular weight excluding hydrogens is 282 g/mol. The first kappa shape index (κ1) is 14.5. The Morgan fingerprint density at radius 3 is 2.90 bits per heavy atom. The minimum Gasteiger partial charge on any atom is -0.368 e. The number of nitrogens with zero attached hydrogens (tertiary/aromatic N) is 1. The lowest BCUT2D eigenvalue weighted by Crippen LogP contribution is -2.31.